The molecule has 9 nitrogen and oxygen atoms in total. The van der Waals surface area contributed by atoms with Crippen molar-refractivity contribution in [2.45, 2.75) is 19.9 Å². The fourth-order valence-corrected chi connectivity index (χ4v) is 5.34. The molecule has 0 fully saturated rings. The monoisotopic (exact) mass is 544 g/mol. The number of furan rings is 1. The summed E-state index contributed by atoms with van der Waals surface area (Å²) >= 11 is 1.22. The molecule has 0 aliphatic carbocycles. The van der Waals surface area contributed by atoms with Crippen LogP contribution in [0.3, 0.4) is 0 Å². The molecule has 10 heteroatoms. The number of ether oxygens (including phenoxy) is 3. The largest absolute Gasteiger partial charge is 0.493 e. The second-order valence-corrected chi connectivity index (χ2v) is 9.50. The number of hydrogen-bond donors (Lipinski definition) is 0. The molecule has 0 radical (unpaired) electrons. The van der Waals surface area contributed by atoms with Crippen molar-refractivity contribution in [3.63, 3.8) is 0 Å². The van der Waals surface area contributed by atoms with Crippen LogP contribution in [0.1, 0.15) is 41.6 Å². The van der Waals surface area contributed by atoms with E-state index in [1.54, 1.807) is 44.2 Å². The molecule has 3 heterocycles. The Kier molecular flexibility index (Phi) is 7.29. The highest BCUT2D eigenvalue weighted by Crippen LogP contribution is 2.31. The van der Waals surface area contributed by atoms with Gasteiger partial charge in [0.05, 0.1) is 41.8 Å². The van der Waals surface area contributed by atoms with Gasteiger partial charge in [0.15, 0.2) is 16.3 Å². The molecule has 0 bridgehead atoms. The number of rotatable bonds is 7. The zero-order valence-corrected chi connectivity index (χ0v) is 22.2. The minimum atomic E-state index is -0.679. The van der Waals surface area contributed by atoms with Crippen molar-refractivity contribution in [3.8, 4) is 11.5 Å². The Balaban J connectivity index is 1.57. The third kappa shape index (κ3) is 5.06. The van der Waals surface area contributed by atoms with Gasteiger partial charge in [0.1, 0.15) is 0 Å². The van der Waals surface area contributed by atoms with E-state index >= 15 is 0 Å². The minimum Gasteiger partial charge on any atom is -0.493 e. The molecule has 0 saturated carbocycles. The Morgan fingerprint density at radius 2 is 1.87 bits per heavy atom. The molecule has 1 aliphatic heterocycles. The summed E-state index contributed by atoms with van der Waals surface area (Å²) in [5.41, 5.74) is 1.94. The molecule has 198 valence electrons. The summed E-state index contributed by atoms with van der Waals surface area (Å²) in [5.74, 6) is -0.595. The number of esters is 2. The van der Waals surface area contributed by atoms with Crippen molar-refractivity contribution in [2.24, 2.45) is 4.99 Å². The molecule has 0 spiro atoms. The second kappa shape index (κ2) is 11.0. The Hall–Kier alpha value is -4.70. The zero-order valence-electron chi connectivity index (χ0n) is 21.4. The van der Waals surface area contributed by atoms with Gasteiger partial charge in [-0.05, 0) is 55.3 Å². The number of fused-ring (bicyclic) bond motifs is 1. The predicted molar refractivity (Wildman–Crippen MR) is 144 cm³/mol. The summed E-state index contributed by atoms with van der Waals surface area (Å²) in [4.78, 5) is 44.0. The summed E-state index contributed by atoms with van der Waals surface area (Å²) < 4.78 is 23.2. The van der Waals surface area contributed by atoms with Gasteiger partial charge in [-0.2, -0.15) is 0 Å². The first-order valence-electron chi connectivity index (χ1n) is 12.1. The Labute approximate surface area is 226 Å². The van der Waals surface area contributed by atoms with Crippen molar-refractivity contribution in [1.29, 1.82) is 0 Å². The van der Waals surface area contributed by atoms with E-state index in [2.05, 4.69) is 4.99 Å². The topological polar surface area (TPSA) is 109 Å². The maximum atomic E-state index is 13.7. The first kappa shape index (κ1) is 25.9. The lowest BCUT2D eigenvalue weighted by Gasteiger charge is -2.24. The van der Waals surface area contributed by atoms with Gasteiger partial charge in [-0.25, -0.2) is 14.6 Å². The maximum Gasteiger partial charge on any atom is 0.379 e. The minimum absolute atomic E-state index is 0.0627. The molecular weight excluding hydrogens is 520 g/mol. The standard InChI is InChI=1S/C29H24N2O7S/c1-4-36-28(34)24-17(2)30-29-31(25(24)19-9-6-5-7-10-19)26(32)23(39-29)16-18-12-13-20(22(15-18)35-3)38-27(33)21-11-8-14-37-21/h5-16,25H,4H2,1-3H3/t25-/m1/s1. The Morgan fingerprint density at radius 1 is 1.08 bits per heavy atom. The van der Waals surface area contributed by atoms with Gasteiger partial charge in [-0.3, -0.25) is 9.36 Å². The quantitative estimate of drug-likeness (QED) is 0.258. The van der Waals surface area contributed by atoms with Crippen LogP contribution in [0.25, 0.3) is 6.08 Å². The number of nitrogens with zero attached hydrogens (tertiary/aromatic N) is 2. The fraction of sp³-hybridized carbons (Fsp3) is 0.172. The predicted octanol–water partition coefficient (Wildman–Crippen LogP) is 3.62. The van der Waals surface area contributed by atoms with Crippen molar-refractivity contribution in [2.75, 3.05) is 13.7 Å². The van der Waals surface area contributed by atoms with Crippen LogP contribution in [-0.2, 0) is 9.53 Å². The van der Waals surface area contributed by atoms with E-state index in [9.17, 15) is 14.4 Å². The van der Waals surface area contributed by atoms with Crippen molar-refractivity contribution in [1.82, 2.24) is 4.57 Å². The number of benzene rings is 2. The third-order valence-corrected chi connectivity index (χ3v) is 7.03. The van der Waals surface area contributed by atoms with E-state index in [1.165, 1.54) is 35.3 Å². The van der Waals surface area contributed by atoms with E-state index < -0.39 is 18.0 Å². The molecule has 4 aromatic rings. The van der Waals surface area contributed by atoms with E-state index in [0.29, 0.717) is 31.9 Å². The van der Waals surface area contributed by atoms with Gasteiger partial charge in [0, 0.05) is 0 Å². The summed E-state index contributed by atoms with van der Waals surface area (Å²) in [6.07, 6.45) is 3.09. The normalized spacial score (nSPS) is 14.9. The van der Waals surface area contributed by atoms with Gasteiger partial charge in [-0.15, -0.1) is 0 Å². The summed E-state index contributed by atoms with van der Waals surface area (Å²) in [7, 11) is 1.46. The average Bonchev–Trinajstić information content (AvgIpc) is 3.58. The molecule has 39 heavy (non-hydrogen) atoms. The van der Waals surface area contributed by atoms with Crippen LogP contribution in [0, 0.1) is 0 Å². The van der Waals surface area contributed by atoms with Crippen molar-refractivity contribution >= 4 is 29.4 Å². The van der Waals surface area contributed by atoms with Crippen LogP contribution < -0.4 is 24.4 Å². The van der Waals surface area contributed by atoms with E-state index in [1.807, 2.05) is 30.3 Å². The molecule has 2 aromatic carbocycles. The van der Waals surface area contributed by atoms with Crippen molar-refractivity contribution in [3.05, 3.63) is 115 Å². The second-order valence-electron chi connectivity index (χ2n) is 8.49. The average molecular weight is 545 g/mol. The molecule has 2 aromatic heterocycles. The number of carbonyl (C=O) groups excluding carboxylic acids is 2. The Morgan fingerprint density at radius 3 is 2.56 bits per heavy atom. The number of thiazole rings is 1. The smallest absolute Gasteiger partial charge is 0.379 e. The van der Waals surface area contributed by atoms with E-state index in [-0.39, 0.29) is 23.7 Å². The third-order valence-electron chi connectivity index (χ3n) is 6.04. The van der Waals surface area contributed by atoms with E-state index in [4.69, 9.17) is 18.6 Å². The molecule has 1 aliphatic rings. The van der Waals surface area contributed by atoms with Crippen LogP contribution in [0.2, 0.25) is 0 Å². The molecule has 0 N–H and O–H groups in total. The lowest BCUT2D eigenvalue weighted by Crippen LogP contribution is -2.39. The van der Waals surface area contributed by atoms with Crippen molar-refractivity contribution < 1.29 is 28.2 Å². The van der Waals surface area contributed by atoms with Gasteiger partial charge in [0.2, 0.25) is 5.76 Å². The molecule has 5 rings (SSSR count). The van der Waals surface area contributed by atoms with Crippen LogP contribution >= 0.6 is 11.3 Å². The summed E-state index contributed by atoms with van der Waals surface area (Å²) in [6, 6.07) is 16.7. The number of methoxy groups -OCH3 is 1. The number of hydrogen-bond acceptors (Lipinski definition) is 9. The van der Waals surface area contributed by atoms with Gasteiger partial charge >= 0.3 is 11.9 Å². The molecule has 0 saturated heterocycles. The number of allylic oxidation sites excluding steroid dienone is 1. The lowest BCUT2D eigenvalue weighted by atomic mass is 9.96. The SMILES string of the molecule is CCOC(=O)C1=C(C)N=c2sc(=Cc3ccc(OC(=O)c4ccco4)c(OC)c3)c(=O)n2[C@@H]1c1ccccc1. The van der Waals surface area contributed by atoms with Crippen LogP contribution in [0.5, 0.6) is 11.5 Å². The van der Waals surface area contributed by atoms with E-state index in [0.717, 1.165) is 5.56 Å². The first-order chi connectivity index (χ1) is 18.9. The molecular formula is C29H24N2O7S. The first-order valence-corrected chi connectivity index (χ1v) is 12.9. The number of aromatic nitrogens is 1. The van der Waals surface area contributed by atoms with Crippen LogP contribution in [-0.4, -0.2) is 30.2 Å². The Bertz CT molecular complexity index is 1750. The molecule has 0 unspecified atom stereocenters. The van der Waals surface area contributed by atoms with Gasteiger partial charge in [-0.1, -0.05) is 47.7 Å². The van der Waals surface area contributed by atoms with Gasteiger partial charge < -0.3 is 18.6 Å². The zero-order chi connectivity index (χ0) is 27.5. The van der Waals surface area contributed by atoms with Gasteiger partial charge in [0.25, 0.3) is 5.56 Å². The highest BCUT2D eigenvalue weighted by molar-refractivity contribution is 7.07. The highest BCUT2D eigenvalue weighted by Gasteiger charge is 2.33. The summed E-state index contributed by atoms with van der Waals surface area (Å²) in [5, 5.41) is 0. The number of carbonyl (C=O) groups is 2. The van der Waals surface area contributed by atoms with Crippen LogP contribution in [0.4, 0.5) is 0 Å². The molecule has 1 atom stereocenters. The lowest BCUT2D eigenvalue weighted by molar-refractivity contribution is -0.139. The maximum absolute atomic E-state index is 13.7. The summed E-state index contributed by atoms with van der Waals surface area (Å²) in [6.45, 7) is 3.68. The highest BCUT2D eigenvalue weighted by atomic mass is 32.1. The fourth-order valence-electron chi connectivity index (χ4n) is 4.30. The molecule has 0 amide bonds. The van der Waals surface area contributed by atoms with Crippen LogP contribution in [0.15, 0.2) is 92.4 Å².